The molecule has 2 aliphatic heterocycles. The molecule has 0 spiro atoms. The quantitative estimate of drug-likeness (QED) is 0.730. The molecule has 0 radical (unpaired) electrons. The predicted molar refractivity (Wildman–Crippen MR) is 114 cm³/mol. The highest BCUT2D eigenvalue weighted by molar-refractivity contribution is 7.99. The third-order valence-electron chi connectivity index (χ3n) is 6.03. The van der Waals surface area contributed by atoms with Crippen molar-refractivity contribution in [1.29, 1.82) is 0 Å². The number of benzene rings is 2. The molecular formula is C22H25NO4S2. The highest BCUT2D eigenvalue weighted by atomic mass is 32.2. The fraction of sp³-hybridized carbons (Fsp3) is 0.455. The largest absolute Gasteiger partial charge is 0.454 e. The van der Waals surface area contributed by atoms with E-state index < -0.39 is 10.0 Å². The van der Waals surface area contributed by atoms with Crippen molar-refractivity contribution in [2.45, 2.75) is 42.2 Å². The molecule has 0 aromatic heterocycles. The summed E-state index contributed by atoms with van der Waals surface area (Å²) < 4.78 is 39.2. The van der Waals surface area contributed by atoms with Gasteiger partial charge in [-0.1, -0.05) is 12.1 Å². The van der Waals surface area contributed by atoms with Crippen LogP contribution in [0.1, 0.15) is 41.2 Å². The lowest BCUT2D eigenvalue weighted by atomic mass is 9.92. The van der Waals surface area contributed by atoms with E-state index in [0.29, 0.717) is 18.0 Å². The third kappa shape index (κ3) is 3.76. The molecule has 1 fully saturated rings. The van der Waals surface area contributed by atoms with E-state index in [1.807, 2.05) is 36.0 Å². The zero-order valence-electron chi connectivity index (χ0n) is 16.3. The van der Waals surface area contributed by atoms with Crippen LogP contribution in [-0.2, 0) is 22.9 Å². The summed E-state index contributed by atoms with van der Waals surface area (Å²) in [6, 6.07) is 11.8. The molecule has 0 amide bonds. The van der Waals surface area contributed by atoms with E-state index in [4.69, 9.17) is 9.47 Å². The third-order valence-corrected chi connectivity index (χ3v) is 9.25. The number of thioether (sulfide) groups is 1. The monoisotopic (exact) mass is 431 g/mol. The van der Waals surface area contributed by atoms with Gasteiger partial charge in [0.2, 0.25) is 16.8 Å². The fourth-order valence-corrected chi connectivity index (χ4v) is 7.23. The van der Waals surface area contributed by atoms with Crippen LogP contribution >= 0.6 is 11.8 Å². The first-order valence-electron chi connectivity index (χ1n) is 10.2. The average molecular weight is 432 g/mol. The Balaban J connectivity index is 1.33. The Labute approximate surface area is 176 Å². The minimum absolute atomic E-state index is 0.258. The molecule has 0 saturated carbocycles. The number of nitrogens with zero attached hydrogens (tertiary/aromatic N) is 1. The fourth-order valence-electron chi connectivity index (χ4n) is 4.39. The molecule has 154 valence electrons. The van der Waals surface area contributed by atoms with Crippen LogP contribution in [0.25, 0.3) is 0 Å². The van der Waals surface area contributed by atoms with Gasteiger partial charge in [0.15, 0.2) is 11.5 Å². The van der Waals surface area contributed by atoms with Gasteiger partial charge in [0, 0.05) is 24.1 Å². The summed E-state index contributed by atoms with van der Waals surface area (Å²) in [4.78, 5) is 0.449. The van der Waals surface area contributed by atoms with Crippen LogP contribution in [-0.4, -0.2) is 38.4 Å². The van der Waals surface area contributed by atoms with Gasteiger partial charge in [-0.3, -0.25) is 0 Å². The smallest absolute Gasteiger partial charge is 0.243 e. The van der Waals surface area contributed by atoms with Crippen LogP contribution in [0, 0.1) is 0 Å². The summed E-state index contributed by atoms with van der Waals surface area (Å²) in [6.07, 6.45) is 5.18. The number of hydrogen-bond acceptors (Lipinski definition) is 5. The first-order chi connectivity index (χ1) is 14.1. The van der Waals surface area contributed by atoms with E-state index in [9.17, 15) is 8.42 Å². The highest BCUT2D eigenvalue weighted by Gasteiger charge is 2.29. The maximum absolute atomic E-state index is 13.3. The number of aryl methyl sites for hydroxylation is 2. The van der Waals surface area contributed by atoms with Crippen LogP contribution in [0.15, 0.2) is 41.3 Å². The molecule has 2 aromatic rings. The molecule has 0 bridgehead atoms. The number of fused-ring (bicyclic) bond motifs is 2. The second-order valence-corrected chi connectivity index (χ2v) is 11.1. The minimum Gasteiger partial charge on any atom is -0.454 e. The zero-order valence-corrected chi connectivity index (χ0v) is 17.9. The van der Waals surface area contributed by atoms with Crippen LogP contribution in [0.3, 0.4) is 0 Å². The number of rotatable bonds is 3. The second-order valence-electron chi connectivity index (χ2n) is 7.80. The lowest BCUT2D eigenvalue weighted by molar-refractivity contribution is 0.174. The molecule has 3 aliphatic rings. The summed E-state index contributed by atoms with van der Waals surface area (Å²) in [5, 5.41) is 0.258. The Bertz CT molecular complexity index is 1020. The van der Waals surface area contributed by atoms with E-state index in [-0.39, 0.29) is 12.0 Å². The first kappa shape index (κ1) is 19.3. The van der Waals surface area contributed by atoms with Gasteiger partial charge in [-0.15, -0.1) is 0 Å². The summed E-state index contributed by atoms with van der Waals surface area (Å²) in [5.74, 6) is 2.35. The molecule has 1 unspecified atom stereocenters. The molecule has 1 aliphatic carbocycles. The second kappa shape index (κ2) is 7.85. The van der Waals surface area contributed by atoms with Crippen molar-refractivity contribution in [3.05, 3.63) is 53.1 Å². The Hall–Kier alpha value is -1.70. The minimum atomic E-state index is -3.46. The average Bonchev–Trinajstić information content (AvgIpc) is 3.07. The van der Waals surface area contributed by atoms with Gasteiger partial charge in [-0.25, -0.2) is 8.42 Å². The number of hydrogen-bond donors (Lipinski definition) is 0. The van der Waals surface area contributed by atoms with Crippen molar-refractivity contribution in [1.82, 2.24) is 4.31 Å². The van der Waals surface area contributed by atoms with E-state index in [1.54, 1.807) is 10.4 Å². The maximum Gasteiger partial charge on any atom is 0.243 e. The standard InChI is InChI=1S/C22H25NO4S2/c24-29(25,19-7-5-16-3-1-2-4-17(16)13-19)23-10-9-22(28-12-11-23)18-6-8-20-21(14-18)27-15-26-20/h5-8,13-14,22H,1-4,9-12,15H2. The van der Waals surface area contributed by atoms with Gasteiger partial charge >= 0.3 is 0 Å². The van der Waals surface area contributed by atoms with Crippen molar-refractivity contribution in [3.8, 4) is 11.5 Å². The summed E-state index contributed by atoms with van der Waals surface area (Å²) in [6.45, 7) is 1.35. The molecule has 2 aromatic carbocycles. The molecular weight excluding hydrogens is 406 g/mol. The van der Waals surface area contributed by atoms with Gasteiger partial charge in [0.25, 0.3) is 0 Å². The summed E-state index contributed by atoms with van der Waals surface area (Å²) >= 11 is 1.82. The molecule has 5 nitrogen and oxygen atoms in total. The maximum atomic E-state index is 13.3. The van der Waals surface area contributed by atoms with Gasteiger partial charge in [0.05, 0.1) is 4.90 Å². The summed E-state index contributed by atoms with van der Waals surface area (Å²) in [5.41, 5.74) is 3.69. The number of sulfonamides is 1. The molecule has 1 atom stereocenters. The molecule has 1 saturated heterocycles. The van der Waals surface area contributed by atoms with Crippen molar-refractivity contribution in [2.75, 3.05) is 25.6 Å². The normalized spacial score (nSPS) is 22.1. The van der Waals surface area contributed by atoms with Crippen molar-refractivity contribution in [2.24, 2.45) is 0 Å². The lowest BCUT2D eigenvalue weighted by Crippen LogP contribution is -2.33. The van der Waals surface area contributed by atoms with Gasteiger partial charge in [-0.05, 0) is 73.1 Å². The molecule has 2 heterocycles. The topological polar surface area (TPSA) is 55.8 Å². The van der Waals surface area contributed by atoms with Crippen LogP contribution in [0.5, 0.6) is 11.5 Å². The van der Waals surface area contributed by atoms with Gasteiger partial charge in [-0.2, -0.15) is 16.1 Å². The molecule has 5 rings (SSSR count). The van der Waals surface area contributed by atoms with Gasteiger partial charge < -0.3 is 9.47 Å². The highest BCUT2D eigenvalue weighted by Crippen LogP contribution is 2.40. The molecule has 7 heteroatoms. The van der Waals surface area contributed by atoms with Crippen LogP contribution in [0.4, 0.5) is 0 Å². The number of ether oxygens (including phenoxy) is 2. The van der Waals surface area contributed by atoms with Crippen molar-refractivity contribution < 1.29 is 17.9 Å². The predicted octanol–water partition coefficient (Wildman–Crippen LogP) is 4.16. The summed E-state index contributed by atoms with van der Waals surface area (Å²) in [7, 11) is -3.46. The zero-order chi connectivity index (χ0) is 19.8. The van der Waals surface area contributed by atoms with E-state index in [2.05, 4.69) is 6.07 Å². The van der Waals surface area contributed by atoms with Crippen molar-refractivity contribution in [3.63, 3.8) is 0 Å². The molecule has 0 N–H and O–H groups in total. The lowest BCUT2D eigenvalue weighted by Gasteiger charge is -2.22. The van der Waals surface area contributed by atoms with Crippen LogP contribution < -0.4 is 9.47 Å². The van der Waals surface area contributed by atoms with Crippen LogP contribution in [0.2, 0.25) is 0 Å². The Morgan fingerprint density at radius 2 is 1.76 bits per heavy atom. The Morgan fingerprint density at radius 1 is 0.931 bits per heavy atom. The van der Waals surface area contributed by atoms with Gasteiger partial charge in [0.1, 0.15) is 0 Å². The Kier molecular flexibility index (Phi) is 5.22. The first-order valence-corrected chi connectivity index (χ1v) is 12.7. The van der Waals surface area contributed by atoms with E-state index in [1.165, 1.54) is 23.1 Å². The molecule has 29 heavy (non-hydrogen) atoms. The van der Waals surface area contributed by atoms with Crippen molar-refractivity contribution >= 4 is 21.8 Å². The van der Waals surface area contributed by atoms with E-state index >= 15 is 0 Å². The SMILES string of the molecule is O=S(=O)(c1ccc2c(c1)CCCC2)N1CCSC(c2ccc3c(c2)OCO3)CC1. The van der Waals surface area contributed by atoms with E-state index in [0.717, 1.165) is 42.9 Å². The Morgan fingerprint density at radius 3 is 2.66 bits per heavy atom.